The third-order valence-corrected chi connectivity index (χ3v) is 6.27. The van der Waals surface area contributed by atoms with Crippen LogP contribution in [0.15, 0.2) is 53.9 Å². The molecule has 1 aliphatic rings. The summed E-state index contributed by atoms with van der Waals surface area (Å²) in [5.74, 6) is -0.213. The Hall–Kier alpha value is -2.81. The maximum atomic E-state index is 12.7. The van der Waals surface area contributed by atoms with Crippen LogP contribution < -0.4 is 0 Å². The highest BCUT2D eigenvalue weighted by Crippen LogP contribution is 2.26. The molecule has 154 valence electrons. The SMILES string of the molecule is O=C(c1ccc(Cl)c([N+](=O)[O-])c1)N1CCN(Cc2csc(-c3ccccc3)n2)CC1. The lowest BCUT2D eigenvalue weighted by Gasteiger charge is -2.34. The summed E-state index contributed by atoms with van der Waals surface area (Å²) in [6.45, 7) is 3.30. The molecular formula is C21H19ClN4O3S. The van der Waals surface area contributed by atoms with Gasteiger partial charge in [0.2, 0.25) is 0 Å². The number of carbonyl (C=O) groups is 1. The summed E-state index contributed by atoms with van der Waals surface area (Å²) in [5, 5.41) is 14.2. The van der Waals surface area contributed by atoms with E-state index in [1.54, 1.807) is 16.2 Å². The van der Waals surface area contributed by atoms with Gasteiger partial charge in [-0.05, 0) is 12.1 Å². The lowest BCUT2D eigenvalue weighted by Crippen LogP contribution is -2.48. The fraction of sp³-hybridized carbons (Fsp3) is 0.238. The molecule has 0 atom stereocenters. The Balaban J connectivity index is 1.35. The van der Waals surface area contributed by atoms with Gasteiger partial charge in [0.25, 0.3) is 11.6 Å². The summed E-state index contributed by atoms with van der Waals surface area (Å²) in [6, 6.07) is 14.3. The van der Waals surface area contributed by atoms with E-state index in [-0.39, 0.29) is 22.2 Å². The zero-order valence-corrected chi connectivity index (χ0v) is 17.6. The number of nitro benzene ring substituents is 1. The monoisotopic (exact) mass is 442 g/mol. The van der Waals surface area contributed by atoms with Crippen molar-refractivity contribution in [1.82, 2.24) is 14.8 Å². The number of nitrogens with zero attached hydrogens (tertiary/aromatic N) is 4. The van der Waals surface area contributed by atoms with Crippen LogP contribution in [0, 0.1) is 10.1 Å². The summed E-state index contributed by atoms with van der Waals surface area (Å²) in [5.41, 5.74) is 2.17. The number of halogens is 1. The van der Waals surface area contributed by atoms with E-state index in [0.29, 0.717) is 13.1 Å². The van der Waals surface area contributed by atoms with E-state index < -0.39 is 4.92 Å². The average Bonchev–Trinajstić information content (AvgIpc) is 3.23. The van der Waals surface area contributed by atoms with Gasteiger partial charge in [-0.25, -0.2) is 4.98 Å². The van der Waals surface area contributed by atoms with Gasteiger partial charge >= 0.3 is 0 Å². The Morgan fingerprint density at radius 3 is 2.57 bits per heavy atom. The maximum Gasteiger partial charge on any atom is 0.288 e. The number of amides is 1. The van der Waals surface area contributed by atoms with Crippen molar-refractivity contribution in [2.75, 3.05) is 26.2 Å². The standard InChI is InChI=1S/C21H19ClN4O3S/c22-18-7-6-16(12-19(18)26(28)29)21(27)25-10-8-24(9-11-25)13-17-14-30-20(23-17)15-4-2-1-3-5-15/h1-7,12,14H,8-11,13H2. The van der Waals surface area contributed by atoms with Gasteiger partial charge in [-0.3, -0.25) is 19.8 Å². The minimum atomic E-state index is -0.575. The normalized spacial score (nSPS) is 14.6. The third kappa shape index (κ3) is 4.51. The molecule has 2 aromatic carbocycles. The number of thiazole rings is 1. The first-order valence-electron chi connectivity index (χ1n) is 9.46. The van der Waals surface area contributed by atoms with E-state index in [0.717, 1.165) is 35.9 Å². The molecule has 4 rings (SSSR count). The van der Waals surface area contributed by atoms with Crippen molar-refractivity contribution in [2.45, 2.75) is 6.54 Å². The van der Waals surface area contributed by atoms with Crippen LogP contribution in [0.5, 0.6) is 0 Å². The number of nitro groups is 1. The van der Waals surface area contributed by atoms with E-state index in [9.17, 15) is 14.9 Å². The van der Waals surface area contributed by atoms with Gasteiger partial charge in [0.15, 0.2) is 0 Å². The molecule has 0 unspecified atom stereocenters. The second kappa shape index (κ2) is 8.91. The Labute approximate surface area is 182 Å². The van der Waals surface area contributed by atoms with Crippen molar-refractivity contribution < 1.29 is 9.72 Å². The van der Waals surface area contributed by atoms with Crippen molar-refractivity contribution in [3.8, 4) is 10.6 Å². The van der Waals surface area contributed by atoms with Crippen LogP contribution in [0.2, 0.25) is 5.02 Å². The maximum absolute atomic E-state index is 12.7. The molecule has 0 aliphatic carbocycles. The highest BCUT2D eigenvalue weighted by atomic mass is 35.5. The predicted molar refractivity (Wildman–Crippen MR) is 117 cm³/mol. The molecule has 7 nitrogen and oxygen atoms in total. The number of aromatic nitrogens is 1. The second-order valence-electron chi connectivity index (χ2n) is 7.00. The summed E-state index contributed by atoms with van der Waals surface area (Å²) < 4.78 is 0. The first kappa shape index (κ1) is 20.5. The quantitative estimate of drug-likeness (QED) is 0.434. The smallest absolute Gasteiger partial charge is 0.288 e. The number of hydrogen-bond acceptors (Lipinski definition) is 6. The molecule has 2 heterocycles. The third-order valence-electron chi connectivity index (χ3n) is 5.01. The van der Waals surface area contributed by atoms with Crippen molar-refractivity contribution in [1.29, 1.82) is 0 Å². The van der Waals surface area contributed by atoms with Crippen LogP contribution in [0.3, 0.4) is 0 Å². The molecule has 0 spiro atoms. The number of benzene rings is 2. The van der Waals surface area contributed by atoms with Gasteiger partial charge in [0.05, 0.1) is 10.6 Å². The molecule has 0 saturated carbocycles. The Morgan fingerprint density at radius 1 is 1.13 bits per heavy atom. The van der Waals surface area contributed by atoms with Gasteiger partial charge < -0.3 is 4.90 Å². The summed E-state index contributed by atoms with van der Waals surface area (Å²) in [6.07, 6.45) is 0. The number of piperazine rings is 1. The Morgan fingerprint density at radius 2 is 1.87 bits per heavy atom. The molecule has 30 heavy (non-hydrogen) atoms. The van der Waals surface area contributed by atoms with Gasteiger partial charge in [-0.15, -0.1) is 11.3 Å². The fourth-order valence-corrected chi connectivity index (χ4v) is 4.40. The molecule has 1 saturated heterocycles. The molecule has 1 fully saturated rings. The molecule has 0 N–H and O–H groups in total. The molecule has 9 heteroatoms. The van der Waals surface area contributed by atoms with Crippen LogP contribution in [-0.2, 0) is 6.54 Å². The van der Waals surface area contributed by atoms with Crippen LogP contribution >= 0.6 is 22.9 Å². The van der Waals surface area contributed by atoms with Gasteiger partial charge in [0, 0.05) is 55.3 Å². The highest BCUT2D eigenvalue weighted by Gasteiger charge is 2.24. The molecular weight excluding hydrogens is 424 g/mol. The van der Waals surface area contributed by atoms with E-state index >= 15 is 0 Å². The summed E-state index contributed by atoms with van der Waals surface area (Å²) in [4.78, 5) is 31.9. The molecule has 0 bridgehead atoms. The minimum Gasteiger partial charge on any atom is -0.336 e. The van der Waals surface area contributed by atoms with E-state index in [2.05, 4.69) is 10.3 Å². The van der Waals surface area contributed by atoms with Crippen LogP contribution in [-0.4, -0.2) is 51.8 Å². The summed E-state index contributed by atoms with van der Waals surface area (Å²) >= 11 is 7.47. The van der Waals surface area contributed by atoms with Gasteiger partial charge in [-0.2, -0.15) is 0 Å². The lowest BCUT2D eigenvalue weighted by molar-refractivity contribution is -0.384. The predicted octanol–water partition coefficient (Wildman–Crippen LogP) is 4.33. The number of carbonyl (C=O) groups excluding carboxylic acids is 1. The van der Waals surface area contributed by atoms with Crippen LogP contribution in [0.1, 0.15) is 16.1 Å². The van der Waals surface area contributed by atoms with Gasteiger partial charge in [0.1, 0.15) is 10.0 Å². The zero-order valence-electron chi connectivity index (χ0n) is 16.0. The topological polar surface area (TPSA) is 79.6 Å². The Bertz CT molecular complexity index is 1070. The first-order valence-corrected chi connectivity index (χ1v) is 10.7. The Kier molecular flexibility index (Phi) is 6.08. The molecule has 1 aliphatic heterocycles. The number of rotatable bonds is 5. The molecule has 3 aromatic rings. The minimum absolute atomic E-state index is 0.0273. The molecule has 0 radical (unpaired) electrons. The van der Waals surface area contributed by atoms with E-state index in [4.69, 9.17) is 16.6 Å². The van der Waals surface area contributed by atoms with Crippen LogP contribution in [0.25, 0.3) is 10.6 Å². The van der Waals surface area contributed by atoms with Crippen LogP contribution in [0.4, 0.5) is 5.69 Å². The molecule has 1 aromatic heterocycles. The van der Waals surface area contributed by atoms with E-state index in [1.165, 1.54) is 18.2 Å². The van der Waals surface area contributed by atoms with Crippen molar-refractivity contribution in [3.63, 3.8) is 0 Å². The largest absolute Gasteiger partial charge is 0.336 e. The van der Waals surface area contributed by atoms with Crippen molar-refractivity contribution >= 4 is 34.5 Å². The fourth-order valence-electron chi connectivity index (χ4n) is 3.40. The van der Waals surface area contributed by atoms with Crippen molar-refractivity contribution in [2.24, 2.45) is 0 Å². The second-order valence-corrected chi connectivity index (χ2v) is 8.27. The van der Waals surface area contributed by atoms with E-state index in [1.807, 2.05) is 30.3 Å². The van der Waals surface area contributed by atoms with Crippen molar-refractivity contribution in [3.05, 3.63) is 80.3 Å². The summed E-state index contributed by atoms with van der Waals surface area (Å²) in [7, 11) is 0. The number of hydrogen-bond donors (Lipinski definition) is 0. The lowest BCUT2D eigenvalue weighted by atomic mass is 10.1. The molecule has 1 amide bonds. The van der Waals surface area contributed by atoms with Gasteiger partial charge in [-0.1, -0.05) is 41.9 Å². The first-order chi connectivity index (χ1) is 14.5. The zero-order chi connectivity index (χ0) is 21.1. The highest BCUT2D eigenvalue weighted by molar-refractivity contribution is 7.13. The average molecular weight is 443 g/mol.